The normalized spacial score (nSPS) is 10.8. The fourth-order valence-electron chi connectivity index (χ4n) is 1.65. The summed E-state index contributed by atoms with van der Waals surface area (Å²) < 4.78 is 0. The van der Waals surface area contributed by atoms with Crippen molar-refractivity contribution in [1.29, 1.82) is 0 Å². The SMILES string of the molecule is c1ccc(Sc2c[nH]c3ccccc23)nc1. The van der Waals surface area contributed by atoms with Crippen LogP contribution in [-0.4, -0.2) is 9.97 Å². The minimum atomic E-state index is 1.02. The fraction of sp³-hybridized carbons (Fsp3) is 0. The molecule has 2 nitrogen and oxygen atoms in total. The lowest BCUT2D eigenvalue weighted by Crippen LogP contribution is -1.75. The van der Waals surface area contributed by atoms with Gasteiger partial charge in [-0.2, -0.15) is 0 Å². The van der Waals surface area contributed by atoms with Crippen LogP contribution in [0.2, 0.25) is 0 Å². The quantitative estimate of drug-likeness (QED) is 0.721. The molecule has 3 heteroatoms. The van der Waals surface area contributed by atoms with Gasteiger partial charge in [-0.1, -0.05) is 36.0 Å². The van der Waals surface area contributed by atoms with Crippen molar-refractivity contribution in [2.45, 2.75) is 9.92 Å². The molecule has 2 heterocycles. The van der Waals surface area contributed by atoms with E-state index >= 15 is 0 Å². The van der Waals surface area contributed by atoms with Crippen molar-refractivity contribution in [1.82, 2.24) is 9.97 Å². The summed E-state index contributed by atoms with van der Waals surface area (Å²) in [5.74, 6) is 0. The van der Waals surface area contributed by atoms with Crippen LogP contribution in [0.4, 0.5) is 0 Å². The molecule has 0 radical (unpaired) electrons. The molecule has 16 heavy (non-hydrogen) atoms. The van der Waals surface area contributed by atoms with E-state index in [1.165, 1.54) is 15.8 Å². The maximum absolute atomic E-state index is 4.31. The first kappa shape index (κ1) is 9.48. The highest BCUT2D eigenvalue weighted by Crippen LogP contribution is 2.31. The van der Waals surface area contributed by atoms with Gasteiger partial charge in [-0.25, -0.2) is 4.98 Å². The van der Waals surface area contributed by atoms with Crippen LogP contribution in [0.25, 0.3) is 10.9 Å². The predicted octanol–water partition coefficient (Wildman–Crippen LogP) is 3.71. The van der Waals surface area contributed by atoms with Gasteiger partial charge in [-0.3, -0.25) is 0 Å². The molecule has 0 saturated heterocycles. The molecule has 3 rings (SSSR count). The summed E-state index contributed by atoms with van der Waals surface area (Å²) in [6.07, 6.45) is 3.85. The monoisotopic (exact) mass is 226 g/mol. The average Bonchev–Trinajstić information content (AvgIpc) is 2.74. The van der Waals surface area contributed by atoms with Crippen molar-refractivity contribution in [2.75, 3.05) is 0 Å². The molecule has 0 aliphatic heterocycles. The number of hydrogen-bond acceptors (Lipinski definition) is 2. The van der Waals surface area contributed by atoms with E-state index < -0.39 is 0 Å². The number of fused-ring (bicyclic) bond motifs is 1. The first-order valence-corrected chi connectivity index (χ1v) is 5.90. The number of nitrogens with zero attached hydrogens (tertiary/aromatic N) is 1. The molecule has 0 fully saturated rings. The van der Waals surface area contributed by atoms with Gasteiger partial charge in [0.1, 0.15) is 5.03 Å². The van der Waals surface area contributed by atoms with Crippen LogP contribution in [0.1, 0.15) is 0 Å². The smallest absolute Gasteiger partial charge is 0.101 e. The van der Waals surface area contributed by atoms with E-state index in [0.29, 0.717) is 0 Å². The molecule has 0 amide bonds. The number of para-hydroxylation sites is 1. The summed E-state index contributed by atoms with van der Waals surface area (Å²) in [4.78, 5) is 8.79. The Balaban J connectivity index is 2.01. The standard InChI is InChI=1S/C13H10N2S/c1-2-6-11-10(5-1)12(9-15-11)16-13-7-3-4-8-14-13/h1-9,15H. The number of hydrogen-bond donors (Lipinski definition) is 1. The first-order valence-electron chi connectivity index (χ1n) is 5.08. The molecular weight excluding hydrogens is 216 g/mol. The average molecular weight is 226 g/mol. The topological polar surface area (TPSA) is 28.7 Å². The summed E-state index contributed by atoms with van der Waals surface area (Å²) in [7, 11) is 0. The summed E-state index contributed by atoms with van der Waals surface area (Å²) in [6.45, 7) is 0. The van der Waals surface area contributed by atoms with E-state index in [2.05, 4.69) is 28.2 Å². The third-order valence-corrected chi connectivity index (χ3v) is 3.41. The number of nitrogens with one attached hydrogen (secondary N) is 1. The Morgan fingerprint density at radius 3 is 2.75 bits per heavy atom. The molecule has 1 N–H and O–H groups in total. The molecular formula is C13H10N2S. The molecule has 0 bridgehead atoms. The van der Waals surface area contributed by atoms with Crippen molar-refractivity contribution in [3.05, 3.63) is 54.9 Å². The lowest BCUT2D eigenvalue weighted by Gasteiger charge is -1.97. The zero-order chi connectivity index (χ0) is 10.8. The number of H-pyrrole nitrogens is 1. The Kier molecular flexibility index (Phi) is 2.38. The molecule has 0 aliphatic carbocycles. The molecule has 0 spiro atoms. The zero-order valence-electron chi connectivity index (χ0n) is 8.55. The van der Waals surface area contributed by atoms with Gasteiger partial charge in [0.2, 0.25) is 0 Å². The molecule has 0 atom stereocenters. The highest BCUT2D eigenvalue weighted by molar-refractivity contribution is 7.99. The van der Waals surface area contributed by atoms with Crippen LogP contribution >= 0.6 is 11.8 Å². The van der Waals surface area contributed by atoms with Crippen molar-refractivity contribution in [3.63, 3.8) is 0 Å². The van der Waals surface area contributed by atoms with Crippen molar-refractivity contribution in [3.8, 4) is 0 Å². The minimum Gasteiger partial charge on any atom is -0.360 e. The predicted molar refractivity (Wildman–Crippen MR) is 66.7 cm³/mol. The van der Waals surface area contributed by atoms with Crippen molar-refractivity contribution >= 4 is 22.7 Å². The molecule has 2 aromatic heterocycles. The summed E-state index contributed by atoms with van der Waals surface area (Å²) in [6, 6.07) is 14.2. The van der Waals surface area contributed by atoms with E-state index in [9.17, 15) is 0 Å². The Morgan fingerprint density at radius 2 is 1.88 bits per heavy atom. The van der Waals surface area contributed by atoms with Crippen LogP contribution in [0.15, 0.2) is 64.8 Å². The zero-order valence-corrected chi connectivity index (χ0v) is 9.37. The number of aromatic nitrogens is 2. The second-order valence-electron chi connectivity index (χ2n) is 3.47. The van der Waals surface area contributed by atoms with Crippen LogP contribution in [0.3, 0.4) is 0 Å². The summed E-state index contributed by atoms with van der Waals surface area (Å²) in [5, 5.41) is 2.27. The van der Waals surface area contributed by atoms with Crippen LogP contribution in [-0.2, 0) is 0 Å². The highest BCUT2D eigenvalue weighted by Gasteiger charge is 2.04. The maximum atomic E-state index is 4.31. The van der Waals surface area contributed by atoms with E-state index in [1.54, 1.807) is 11.8 Å². The molecule has 3 aromatic rings. The van der Waals surface area contributed by atoms with E-state index in [-0.39, 0.29) is 0 Å². The largest absolute Gasteiger partial charge is 0.360 e. The van der Waals surface area contributed by atoms with E-state index in [4.69, 9.17) is 0 Å². The molecule has 0 aliphatic rings. The number of rotatable bonds is 2. The van der Waals surface area contributed by atoms with Gasteiger partial charge < -0.3 is 4.98 Å². The van der Waals surface area contributed by atoms with Crippen LogP contribution < -0.4 is 0 Å². The van der Waals surface area contributed by atoms with Crippen molar-refractivity contribution in [2.24, 2.45) is 0 Å². The number of benzene rings is 1. The van der Waals surface area contributed by atoms with Gasteiger partial charge in [0.05, 0.1) is 0 Å². The second-order valence-corrected chi connectivity index (χ2v) is 4.53. The van der Waals surface area contributed by atoms with Gasteiger partial charge in [0, 0.05) is 28.2 Å². The minimum absolute atomic E-state index is 1.02. The second kappa shape index (κ2) is 4.02. The first-order chi connectivity index (χ1) is 7.93. The molecule has 0 saturated carbocycles. The Hall–Kier alpha value is -1.74. The van der Waals surface area contributed by atoms with Gasteiger partial charge in [0.15, 0.2) is 0 Å². The number of pyridine rings is 1. The summed E-state index contributed by atoms with van der Waals surface area (Å²) >= 11 is 1.68. The van der Waals surface area contributed by atoms with Crippen LogP contribution in [0, 0.1) is 0 Å². The Morgan fingerprint density at radius 1 is 1.00 bits per heavy atom. The van der Waals surface area contributed by atoms with E-state index in [1.807, 2.05) is 36.7 Å². The van der Waals surface area contributed by atoms with Crippen molar-refractivity contribution < 1.29 is 0 Å². The molecule has 78 valence electrons. The Bertz CT molecular complexity index is 601. The molecule has 0 unspecified atom stereocenters. The highest BCUT2D eigenvalue weighted by atomic mass is 32.2. The maximum Gasteiger partial charge on any atom is 0.101 e. The van der Waals surface area contributed by atoms with Gasteiger partial charge in [-0.15, -0.1) is 0 Å². The summed E-state index contributed by atoms with van der Waals surface area (Å²) in [5.41, 5.74) is 1.17. The third kappa shape index (κ3) is 1.70. The lowest BCUT2D eigenvalue weighted by atomic mass is 10.2. The van der Waals surface area contributed by atoms with Gasteiger partial charge in [0.25, 0.3) is 0 Å². The van der Waals surface area contributed by atoms with Gasteiger partial charge >= 0.3 is 0 Å². The van der Waals surface area contributed by atoms with Crippen LogP contribution in [0.5, 0.6) is 0 Å². The Labute approximate surface area is 97.7 Å². The fourth-order valence-corrected chi connectivity index (χ4v) is 2.54. The number of aromatic amines is 1. The molecule has 1 aromatic carbocycles. The third-order valence-electron chi connectivity index (χ3n) is 2.40. The van der Waals surface area contributed by atoms with E-state index in [0.717, 1.165) is 5.03 Å². The van der Waals surface area contributed by atoms with Gasteiger partial charge in [-0.05, 0) is 18.2 Å². The lowest BCUT2D eigenvalue weighted by molar-refractivity contribution is 1.13.